The summed E-state index contributed by atoms with van der Waals surface area (Å²) in [5.41, 5.74) is 1.70. The molecule has 2 aromatic rings. The van der Waals surface area contributed by atoms with Gasteiger partial charge in [0, 0.05) is 30.4 Å². The molecular formula is C13H13N3O2. The van der Waals surface area contributed by atoms with Gasteiger partial charge in [-0.2, -0.15) is 0 Å². The maximum Gasteiger partial charge on any atom is 0.243 e. The zero-order chi connectivity index (χ0) is 13.0. The first-order valence-electron chi connectivity index (χ1n) is 5.60. The Bertz CT molecular complexity index is 520. The first-order chi connectivity index (χ1) is 8.77. The highest BCUT2D eigenvalue weighted by atomic mass is 16.5. The molecule has 0 spiro atoms. The van der Waals surface area contributed by atoms with Crippen LogP contribution in [0.3, 0.4) is 0 Å². The molecule has 18 heavy (non-hydrogen) atoms. The Morgan fingerprint density at radius 2 is 2.06 bits per heavy atom. The van der Waals surface area contributed by atoms with E-state index < -0.39 is 0 Å². The summed E-state index contributed by atoms with van der Waals surface area (Å²) in [4.78, 5) is 24.4. The molecule has 0 fully saturated rings. The molecule has 0 aliphatic rings. The molecule has 5 heteroatoms. The van der Waals surface area contributed by atoms with E-state index in [2.05, 4.69) is 15.0 Å². The number of nitrogens with zero attached hydrogens (tertiary/aromatic N) is 3. The molecule has 0 aliphatic carbocycles. The number of aryl methyl sites for hydroxylation is 1. The molecule has 5 nitrogen and oxygen atoms in total. The summed E-state index contributed by atoms with van der Waals surface area (Å²) < 4.78 is 5.05. The highest BCUT2D eigenvalue weighted by Crippen LogP contribution is 2.18. The molecule has 0 radical (unpaired) electrons. The van der Waals surface area contributed by atoms with Crippen molar-refractivity contribution in [1.29, 1.82) is 0 Å². The molecule has 92 valence electrons. The van der Waals surface area contributed by atoms with E-state index in [1.807, 2.05) is 6.92 Å². The largest absolute Gasteiger partial charge is 0.479 e. The van der Waals surface area contributed by atoms with Crippen LogP contribution in [0.5, 0.6) is 5.88 Å². The van der Waals surface area contributed by atoms with Gasteiger partial charge in [-0.1, -0.05) is 6.92 Å². The molecule has 0 bridgehead atoms. The summed E-state index contributed by atoms with van der Waals surface area (Å²) in [6.07, 6.45) is 6.98. The molecule has 2 rings (SSSR count). The van der Waals surface area contributed by atoms with Crippen molar-refractivity contribution in [3.8, 4) is 5.88 Å². The Kier molecular flexibility index (Phi) is 3.62. The van der Waals surface area contributed by atoms with Gasteiger partial charge in [-0.05, 0) is 18.1 Å². The average molecular weight is 243 g/mol. The van der Waals surface area contributed by atoms with Gasteiger partial charge in [0.15, 0.2) is 5.69 Å². The monoisotopic (exact) mass is 243 g/mol. The highest BCUT2D eigenvalue weighted by molar-refractivity contribution is 6.09. The zero-order valence-corrected chi connectivity index (χ0v) is 10.3. The SMILES string of the molecule is CCc1cnccc1C(=O)c1nccnc1OC. The minimum atomic E-state index is -0.195. The highest BCUT2D eigenvalue weighted by Gasteiger charge is 2.19. The third kappa shape index (κ3) is 2.20. The molecule has 0 N–H and O–H groups in total. The van der Waals surface area contributed by atoms with E-state index in [0.717, 1.165) is 12.0 Å². The molecule has 2 heterocycles. The van der Waals surface area contributed by atoms with E-state index in [1.165, 1.54) is 19.5 Å². The van der Waals surface area contributed by atoms with Crippen molar-refractivity contribution < 1.29 is 9.53 Å². The molecule has 0 aliphatic heterocycles. The van der Waals surface area contributed by atoms with Crippen LogP contribution in [0.4, 0.5) is 0 Å². The lowest BCUT2D eigenvalue weighted by Crippen LogP contribution is -2.10. The van der Waals surface area contributed by atoms with Crippen LogP contribution in [-0.2, 0) is 6.42 Å². The molecule has 0 amide bonds. The second kappa shape index (κ2) is 5.35. The Balaban J connectivity index is 2.48. The topological polar surface area (TPSA) is 65.0 Å². The van der Waals surface area contributed by atoms with Crippen LogP contribution in [0.25, 0.3) is 0 Å². The van der Waals surface area contributed by atoms with E-state index in [1.54, 1.807) is 18.5 Å². The molecule has 0 atom stereocenters. The lowest BCUT2D eigenvalue weighted by Gasteiger charge is -2.07. The first-order valence-corrected chi connectivity index (χ1v) is 5.60. The summed E-state index contributed by atoms with van der Waals surface area (Å²) in [7, 11) is 1.47. The second-order valence-electron chi connectivity index (χ2n) is 3.63. The summed E-state index contributed by atoms with van der Waals surface area (Å²) in [5, 5.41) is 0. The van der Waals surface area contributed by atoms with Gasteiger partial charge in [0.1, 0.15) is 0 Å². The molecule has 0 unspecified atom stereocenters. The third-order valence-electron chi connectivity index (χ3n) is 2.60. The number of methoxy groups -OCH3 is 1. The van der Waals surface area contributed by atoms with Crippen molar-refractivity contribution in [2.75, 3.05) is 7.11 Å². The van der Waals surface area contributed by atoms with Gasteiger partial charge in [0.25, 0.3) is 0 Å². The van der Waals surface area contributed by atoms with E-state index in [4.69, 9.17) is 4.74 Å². The number of carbonyl (C=O) groups excluding carboxylic acids is 1. The number of ether oxygens (including phenoxy) is 1. The van der Waals surface area contributed by atoms with Crippen LogP contribution in [0, 0.1) is 0 Å². The smallest absolute Gasteiger partial charge is 0.243 e. The van der Waals surface area contributed by atoms with Gasteiger partial charge in [0.2, 0.25) is 11.7 Å². The summed E-state index contributed by atoms with van der Waals surface area (Å²) in [6.45, 7) is 1.97. The summed E-state index contributed by atoms with van der Waals surface area (Å²) in [6, 6.07) is 1.69. The zero-order valence-electron chi connectivity index (χ0n) is 10.3. The number of pyridine rings is 1. The molecule has 0 aromatic carbocycles. The molecule has 0 saturated heterocycles. The van der Waals surface area contributed by atoms with Crippen LogP contribution in [0.2, 0.25) is 0 Å². The van der Waals surface area contributed by atoms with Crippen LogP contribution in [0.15, 0.2) is 30.9 Å². The maximum atomic E-state index is 12.4. The minimum absolute atomic E-state index is 0.195. The predicted octanol–water partition coefficient (Wildman–Crippen LogP) is 1.67. The fourth-order valence-corrected chi connectivity index (χ4v) is 1.69. The Hall–Kier alpha value is -2.30. The van der Waals surface area contributed by atoms with Crippen LogP contribution in [-0.4, -0.2) is 27.8 Å². The number of hydrogen-bond donors (Lipinski definition) is 0. The Morgan fingerprint density at radius 1 is 1.28 bits per heavy atom. The van der Waals surface area contributed by atoms with Crippen molar-refractivity contribution in [2.24, 2.45) is 0 Å². The number of ketones is 1. The standard InChI is InChI=1S/C13H13N3O2/c1-3-9-8-14-5-4-10(9)12(17)11-13(18-2)16-7-6-15-11/h4-8H,3H2,1-2H3. The van der Waals surface area contributed by atoms with Crippen molar-refractivity contribution in [2.45, 2.75) is 13.3 Å². The van der Waals surface area contributed by atoms with Gasteiger partial charge in [-0.25, -0.2) is 9.97 Å². The number of carbonyl (C=O) groups is 1. The fraction of sp³-hybridized carbons (Fsp3) is 0.231. The average Bonchev–Trinajstić information content (AvgIpc) is 2.46. The van der Waals surface area contributed by atoms with E-state index in [0.29, 0.717) is 5.56 Å². The fourth-order valence-electron chi connectivity index (χ4n) is 1.69. The van der Waals surface area contributed by atoms with E-state index in [9.17, 15) is 4.79 Å². The van der Waals surface area contributed by atoms with Crippen molar-refractivity contribution in [3.05, 3.63) is 47.7 Å². The van der Waals surface area contributed by atoms with Gasteiger partial charge < -0.3 is 4.74 Å². The lowest BCUT2D eigenvalue weighted by atomic mass is 10.0. The summed E-state index contributed by atoms with van der Waals surface area (Å²) in [5.74, 6) is 0.0422. The molecular weight excluding hydrogens is 230 g/mol. The van der Waals surface area contributed by atoms with Crippen molar-refractivity contribution >= 4 is 5.78 Å². The normalized spacial score (nSPS) is 10.1. The Labute approximate surface area is 105 Å². The van der Waals surface area contributed by atoms with Gasteiger partial charge >= 0.3 is 0 Å². The Morgan fingerprint density at radius 3 is 2.78 bits per heavy atom. The van der Waals surface area contributed by atoms with Gasteiger partial charge in [-0.3, -0.25) is 9.78 Å². The minimum Gasteiger partial charge on any atom is -0.479 e. The quantitative estimate of drug-likeness (QED) is 0.764. The lowest BCUT2D eigenvalue weighted by molar-refractivity contribution is 0.102. The maximum absolute atomic E-state index is 12.4. The van der Waals surface area contributed by atoms with Crippen LogP contribution in [0.1, 0.15) is 28.5 Å². The number of rotatable bonds is 4. The first kappa shape index (κ1) is 12.2. The van der Waals surface area contributed by atoms with Crippen LogP contribution >= 0.6 is 0 Å². The summed E-state index contributed by atoms with van der Waals surface area (Å²) >= 11 is 0. The molecule has 2 aromatic heterocycles. The van der Waals surface area contributed by atoms with Gasteiger partial charge in [0.05, 0.1) is 7.11 Å². The third-order valence-corrected chi connectivity index (χ3v) is 2.60. The number of hydrogen-bond acceptors (Lipinski definition) is 5. The van der Waals surface area contributed by atoms with Crippen molar-refractivity contribution in [3.63, 3.8) is 0 Å². The number of aromatic nitrogens is 3. The van der Waals surface area contributed by atoms with E-state index in [-0.39, 0.29) is 17.4 Å². The van der Waals surface area contributed by atoms with E-state index >= 15 is 0 Å². The van der Waals surface area contributed by atoms with Crippen molar-refractivity contribution in [1.82, 2.24) is 15.0 Å². The van der Waals surface area contributed by atoms with Crippen LogP contribution < -0.4 is 4.74 Å². The predicted molar refractivity (Wildman–Crippen MR) is 65.6 cm³/mol. The van der Waals surface area contributed by atoms with Gasteiger partial charge in [-0.15, -0.1) is 0 Å². The second-order valence-corrected chi connectivity index (χ2v) is 3.63. The molecule has 0 saturated carbocycles.